The summed E-state index contributed by atoms with van der Waals surface area (Å²) in [5.74, 6) is 0.594. The molecule has 0 radical (unpaired) electrons. The minimum absolute atomic E-state index is 0.594. The second-order valence-corrected chi connectivity index (χ2v) is 3.32. The minimum Gasteiger partial charge on any atom is -0.398 e. The summed E-state index contributed by atoms with van der Waals surface area (Å²) in [4.78, 5) is 0. The van der Waals surface area contributed by atoms with Crippen LogP contribution in [0.25, 0.3) is 0 Å². The van der Waals surface area contributed by atoms with Gasteiger partial charge in [0.2, 0.25) is 0 Å². The van der Waals surface area contributed by atoms with Crippen LogP contribution in [0.4, 0.5) is 5.69 Å². The van der Waals surface area contributed by atoms with Crippen molar-refractivity contribution in [2.45, 2.75) is 32.6 Å². The highest BCUT2D eigenvalue weighted by atomic mass is 14.6. The molecule has 1 heteroatoms. The lowest BCUT2D eigenvalue weighted by Gasteiger charge is -2.12. The monoisotopic (exact) mass is 163 g/mol. The predicted molar refractivity (Wildman–Crippen MR) is 54.2 cm³/mol. The number of para-hydroxylation sites is 1. The van der Waals surface area contributed by atoms with E-state index in [1.165, 1.54) is 18.4 Å². The molecule has 1 aromatic rings. The Morgan fingerprint density at radius 3 is 2.58 bits per heavy atom. The van der Waals surface area contributed by atoms with Gasteiger partial charge in [0.25, 0.3) is 0 Å². The van der Waals surface area contributed by atoms with E-state index in [1.54, 1.807) is 0 Å². The highest BCUT2D eigenvalue weighted by Crippen LogP contribution is 2.25. The van der Waals surface area contributed by atoms with Crippen molar-refractivity contribution in [1.82, 2.24) is 0 Å². The quantitative estimate of drug-likeness (QED) is 0.680. The summed E-state index contributed by atoms with van der Waals surface area (Å²) in [6.45, 7) is 4.44. The normalized spacial score (nSPS) is 12.8. The molecular formula is C11H17N. The summed E-state index contributed by atoms with van der Waals surface area (Å²) >= 11 is 0. The van der Waals surface area contributed by atoms with Crippen LogP contribution in [0.5, 0.6) is 0 Å². The first-order valence-electron chi connectivity index (χ1n) is 4.60. The highest BCUT2D eigenvalue weighted by Gasteiger charge is 2.06. The van der Waals surface area contributed by atoms with Crippen molar-refractivity contribution in [1.29, 1.82) is 0 Å². The van der Waals surface area contributed by atoms with E-state index in [0.717, 1.165) is 5.69 Å². The third-order valence-corrected chi connectivity index (χ3v) is 2.25. The third-order valence-electron chi connectivity index (χ3n) is 2.25. The van der Waals surface area contributed by atoms with E-state index >= 15 is 0 Å². The molecule has 2 N–H and O–H groups in total. The molecule has 0 aliphatic rings. The number of nitrogen functional groups attached to an aromatic ring is 1. The largest absolute Gasteiger partial charge is 0.398 e. The van der Waals surface area contributed by atoms with E-state index in [1.807, 2.05) is 12.1 Å². The van der Waals surface area contributed by atoms with Gasteiger partial charge in [0.05, 0.1) is 0 Å². The van der Waals surface area contributed by atoms with Gasteiger partial charge in [-0.15, -0.1) is 0 Å². The smallest absolute Gasteiger partial charge is 0.0349 e. The molecule has 0 fully saturated rings. The fraction of sp³-hybridized carbons (Fsp3) is 0.455. The van der Waals surface area contributed by atoms with Gasteiger partial charge in [-0.2, -0.15) is 0 Å². The van der Waals surface area contributed by atoms with Crippen molar-refractivity contribution in [2.24, 2.45) is 0 Å². The van der Waals surface area contributed by atoms with Crippen LogP contribution in [-0.4, -0.2) is 0 Å². The van der Waals surface area contributed by atoms with Crippen molar-refractivity contribution in [3.05, 3.63) is 29.8 Å². The zero-order chi connectivity index (χ0) is 8.97. The maximum Gasteiger partial charge on any atom is 0.0349 e. The van der Waals surface area contributed by atoms with E-state index in [0.29, 0.717) is 5.92 Å². The summed E-state index contributed by atoms with van der Waals surface area (Å²) in [6, 6.07) is 8.13. The van der Waals surface area contributed by atoms with Crippen LogP contribution in [-0.2, 0) is 0 Å². The number of hydrogen-bond acceptors (Lipinski definition) is 1. The first kappa shape index (κ1) is 9.11. The second-order valence-electron chi connectivity index (χ2n) is 3.32. The Balaban J connectivity index is 2.79. The van der Waals surface area contributed by atoms with Crippen molar-refractivity contribution < 1.29 is 0 Å². The summed E-state index contributed by atoms with van der Waals surface area (Å²) in [7, 11) is 0. The standard InChI is InChI=1S/C11H17N/c1-3-6-9(2)10-7-4-5-8-11(10)12/h4-5,7-9H,3,6,12H2,1-2H3. The molecule has 1 atom stereocenters. The topological polar surface area (TPSA) is 26.0 Å². The fourth-order valence-corrected chi connectivity index (χ4v) is 1.55. The first-order chi connectivity index (χ1) is 5.75. The van der Waals surface area contributed by atoms with Crippen LogP contribution in [0.15, 0.2) is 24.3 Å². The number of hydrogen-bond donors (Lipinski definition) is 1. The molecule has 0 heterocycles. The maximum absolute atomic E-state index is 5.85. The van der Waals surface area contributed by atoms with E-state index in [9.17, 15) is 0 Å². The summed E-state index contributed by atoms with van der Waals surface area (Å²) in [5.41, 5.74) is 8.07. The Morgan fingerprint density at radius 1 is 1.33 bits per heavy atom. The zero-order valence-electron chi connectivity index (χ0n) is 7.88. The van der Waals surface area contributed by atoms with Gasteiger partial charge in [-0.05, 0) is 24.0 Å². The molecule has 1 rings (SSSR count). The molecule has 1 nitrogen and oxygen atoms in total. The molecule has 0 aliphatic heterocycles. The molecule has 66 valence electrons. The zero-order valence-corrected chi connectivity index (χ0v) is 7.88. The molecule has 0 saturated carbocycles. The Bertz CT molecular complexity index is 243. The summed E-state index contributed by atoms with van der Waals surface area (Å²) < 4.78 is 0. The fourth-order valence-electron chi connectivity index (χ4n) is 1.55. The van der Waals surface area contributed by atoms with E-state index in [4.69, 9.17) is 5.73 Å². The van der Waals surface area contributed by atoms with Crippen LogP contribution in [0.1, 0.15) is 38.2 Å². The highest BCUT2D eigenvalue weighted by molar-refractivity contribution is 5.48. The molecule has 0 aromatic heterocycles. The van der Waals surface area contributed by atoms with Crippen molar-refractivity contribution in [3.8, 4) is 0 Å². The van der Waals surface area contributed by atoms with Gasteiger partial charge in [-0.3, -0.25) is 0 Å². The van der Waals surface area contributed by atoms with Gasteiger partial charge in [-0.1, -0.05) is 38.5 Å². The van der Waals surface area contributed by atoms with Gasteiger partial charge < -0.3 is 5.73 Å². The number of benzene rings is 1. The Labute approximate surface area is 74.6 Å². The molecule has 1 unspecified atom stereocenters. The van der Waals surface area contributed by atoms with Gasteiger partial charge >= 0.3 is 0 Å². The average molecular weight is 163 g/mol. The molecule has 0 amide bonds. The van der Waals surface area contributed by atoms with E-state index in [2.05, 4.69) is 26.0 Å². The van der Waals surface area contributed by atoms with Crippen LogP contribution in [0.2, 0.25) is 0 Å². The van der Waals surface area contributed by atoms with Crippen LogP contribution in [0, 0.1) is 0 Å². The lowest BCUT2D eigenvalue weighted by atomic mass is 9.95. The molecule has 0 aliphatic carbocycles. The average Bonchev–Trinajstić information content (AvgIpc) is 2.05. The second kappa shape index (κ2) is 4.15. The SMILES string of the molecule is CCCC(C)c1ccccc1N. The Kier molecular flexibility index (Phi) is 3.15. The lowest BCUT2D eigenvalue weighted by Crippen LogP contribution is -1.98. The first-order valence-corrected chi connectivity index (χ1v) is 4.60. The van der Waals surface area contributed by atoms with E-state index in [-0.39, 0.29) is 0 Å². The molecule has 0 spiro atoms. The maximum atomic E-state index is 5.85. The van der Waals surface area contributed by atoms with Crippen LogP contribution in [0.3, 0.4) is 0 Å². The number of rotatable bonds is 3. The molecule has 0 bridgehead atoms. The van der Waals surface area contributed by atoms with E-state index < -0.39 is 0 Å². The minimum atomic E-state index is 0.594. The molecule has 0 saturated heterocycles. The lowest BCUT2D eigenvalue weighted by molar-refractivity contribution is 0.666. The van der Waals surface area contributed by atoms with Crippen LogP contribution < -0.4 is 5.73 Å². The van der Waals surface area contributed by atoms with Gasteiger partial charge in [-0.25, -0.2) is 0 Å². The van der Waals surface area contributed by atoms with Crippen molar-refractivity contribution in [2.75, 3.05) is 5.73 Å². The number of anilines is 1. The molecule has 12 heavy (non-hydrogen) atoms. The van der Waals surface area contributed by atoms with Gasteiger partial charge in [0.1, 0.15) is 0 Å². The summed E-state index contributed by atoms with van der Waals surface area (Å²) in [5, 5.41) is 0. The Hall–Kier alpha value is -0.980. The molecular weight excluding hydrogens is 146 g/mol. The summed E-state index contributed by atoms with van der Waals surface area (Å²) in [6.07, 6.45) is 2.43. The third kappa shape index (κ3) is 2.00. The number of nitrogens with two attached hydrogens (primary N) is 1. The van der Waals surface area contributed by atoms with Gasteiger partial charge in [0, 0.05) is 5.69 Å². The molecule has 1 aromatic carbocycles. The van der Waals surface area contributed by atoms with Crippen molar-refractivity contribution >= 4 is 5.69 Å². The Morgan fingerprint density at radius 2 is 2.00 bits per heavy atom. The van der Waals surface area contributed by atoms with Gasteiger partial charge in [0.15, 0.2) is 0 Å². The van der Waals surface area contributed by atoms with Crippen molar-refractivity contribution in [3.63, 3.8) is 0 Å². The van der Waals surface area contributed by atoms with Crippen LogP contribution >= 0.6 is 0 Å². The predicted octanol–water partition coefficient (Wildman–Crippen LogP) is 3.17.